The average molecular weight is 307 g/mol. The van der Waals surface area contributed by atoms with E-state index in [0.717, 1.165) is 15.9 Å². The van der Waals surface area contributed by atoms with Gasteiger partial charge in [0.2, 0.25) is 0 Å². The first-order valence-electron chi connectivity index (χ1n) is 5.33. The summed E-state index contributed by atoms with van der Waals surface area (Å²) in [6.07, 6.45) is 1.36. The molecule has 2 aromatic rings. The van der Waals surface area contributed by atoms with Crippen molar-refractivity contribution in [2.24, 2.45) is 0 Å². The number of hydrogen-bond acceptors (Lipinski definition) is 3. The number of carboxylic acids is 1. The Balaban J connectivity index is 2.00. The monoisotopic (exact) mass is 306 g/mol. The van der Waals surface area contributed by atoms with Gasteiger partial charge in [-0.3, -0.25) is 4.98 Å². The number of aromatic nitrogens is 1. The van der Waals surface area contributed by atoms with Gasteiger partial charge in [-0.15, -0.1) is 0 Å². The van der Waals surface area contributed by atoms with Crippen molar-refractivity contribution in [1.82, 2.24) is 4.98 Å². The molecular formula is C13H11BrN2O2. The standard InChI is InChI=1S/C13H11BrN2O2/c14-10-2-1-3-11(6-10)16-8-12-5-4-9(7-15-12)13(17)18/h1-7,16H,8H2,(H,17,18). The van der Waals surface area contributed by atoms with Crippen LogP contribution in [0.5, 0.6) is 0 Å². The Morgan fingerprint density at radius 2 is 2.17 bits per heavy atom. The van der Waals surface area contributed by atoms with Crippen LogP contribution in [0.1, 0.15) is 16.1 Å². The number of nitrogens with one attached hydrogen (secondary N) is 1. The highest BCUT2D eigenvalue weighted by Gasteiger charge is 2.02. The van der Waals surface area contributed by atoms with Crippen LogP contribution in [0.2, 0.25) is 0 Å². The average Bonchev–Trinajstić information content (AvgIpc) is 2.37. The molecule has 4 nitrogen and oxygen atoms in total. The van der Waals surface area contributed by atoms with Crippen LogP contribution in [0.3, 0.4) is 0 Å². The summed E-state index contributed by atoms with van der Waals surface area (Å²) in [7, 11) is 0. The number of carbonyl (C=O) groups is 1. The van der Waals surface area contributed by atoms with E-state index in [0.29, 0.717) is 6.54 Å². The van der Waals surface area contributed by atoms with Gasteiger partial charge in [-0.05, 0) is 30.3 Å². The topological polar surface area (TPSA) is 62.2 Å². The SMILES string of the molecule is O=C(O)c1ccc(CNc2cccc(Br)c2)nc1. The molecule has 0 amide bonds. The predicted octanol–water partition coefficient (Wildman–Crippen LogP) is 3.15. The van der Waals surface area contributed by atoms with Crippen molar-refractivity contribution in [3.05, 3.63) is 58.3 Å². The van der Waals surface area contributed by atoms with E-state index in [2.05, 4.69) is 26.2 Å². The number of rotatable bonds is 4. The molecule has 92 valence electrons. The van der Waals surface area contributed by atoms with E-state index in [1.165, 1.54) is 6.20 Å². The number of nitrogens with zero attached hydrogens (tertiary/aromatic N) is 1. The van der Waals surface area contributed by atoms with Crippen molar-refractivity contribution >= 4 is 27.6 Å². The summed E-state index contributed by atoms with van der Waals surface area (Å²) in [4.78, 5) is 14.8. The summed E-state index contributed by atoms with van der Waals surface area (Å²) >= 11 is 3.39. The Morgan fingerprint density at radius 1 is 1.33 bits per heavy atom. The molecule has 0 bridgehead atoms. The van der Waals surface area contributed by atoms with Crippen molar-refractivity contribution in [2.75, 3.05) is 5.32 Å². The molecule has 0 fully saturated rings. The van der Waals surface area contributed by atoms with Gasteiger partial charge in [-0.2, -0.15) is 0 Å². The lowest BCUT2D eigenvalue weighted by molar-refractivity contribution is 0.0696. The quantitative estimate of drug-likeness (QED) is 0.911. The fraction of sp³-hybridized carbons (Fsp3) is 0.0769. The van der Waals surface area contributed by atoms with Crippen LogP contribution in [0.15, 0.2) is 47.1 Å². The maximum absolute atomic E-state index is 10.7. The predicted molar refractivity (Wildman–Crippen MR) is 72.7 cm³/mol. The van der Waals surface area contributed by atoms with Gasteiger partial charge in [0.05, 0.1) is 17.8 Å². The second-order valence-corrected chi connectivity index (χ2v) is 4.62. The first-order chi connectivity index (χ1) is 8.65. The van der Waals surface area contributed by atoms with Crippen molar-refractivity contribution in [2.45, 2.75) is 6.54 Å². The van der Waals surface area contributed by atoms with Crippen LogP contribution in [0.25, 0.3) is 0 Å². The van der Waals surface area contributed by atoms with Crippen LogP contribution < -0.4 is 5.32 Å². The van der Waals surface area contributed by atoms with Crippen molar-refractivity contribution in [3.8, 4) is 0 Å². The molecule has 0 unspecified atom stereocenters. The zero-order valence-electron chi connectivity index (χ0n) is 9.43. The van der Waals surface area contributed by atoms with E-state index in [1.54, 1.807) is 12.1 Å². The number of pyridine rings is 1. The molecule has 0 saturated carbocycles. The van der Waals surface area contributed by atoms with Gasteiger partial charge in [0.15, 0.2) is 0 Å². The highest BCUT2D eigenvalue weighted by Crippen LogP contribution is 2.16. The minimum Gasteiger partial charge on any atom is -0.478 e. The second-order valence-electron chi connectivity index (χ2n) is 3.71. The Morgan fingerprint density at radius 3 is 2.78 bits per heavy atom. The maximum atomic E-state index is 10.7. The smallest absolute Gasteiger partial charge is 0.337 e. The summed E-state index contributed by atoms with van der Waals surface area (Å²) in [5, 5.41) is 12.0. The molecule has 0 spiro atoms. The lowest BCUT2D eigenvalue weighted by atomic mass is 10.2. The molecule has 0 atom stereocenters. The molecule has 0 aliphatic rings. The van der Waals surface area contributed by atoms with Crippen LogP contribution in [-0.2, 0) is 6.54 Å². The summed E-state index contributed by atoms with van der Waals surface area (Å²) in [5.74, 6) is -0.964. The third-order valence-corrected chi connectivity index (χ3v) is 2.86. The summed E-state index contributed by atoms with van der Waals surface area (Å²) in [6, 6.07) is 11.1. The molecule has 0 radical (unpaired) electrons. The number of aromatic carboxylic acids is 1. The lowest BCUT2D eigenvalue weighted by Gasteiger charge is -2.06. The van der Waals surface area contributed by atoms with Crippen LogP contribution in [0, 0.1) is 0 Å². The highest BCUT2D eigenvalue weighted by molar-refractivity contribution is 9.10. The molecule has 0 aliphatic carbocycles. The van der Waals surface area contributed by atoms with E-state index in [9.17, 15) is 4.79 Å². The summed E-state index contributed by atoms with van der Waals surface area (Å²) in [5.41, 5.74) is 1.97. The minimum atomic E-state index is -0.964. The molecule has 1 heterocycles. The normalized spacial score (nSPS) is 10.1. The van der Waals surface area contributed by atoms with Crippen molar-refractivity contribution in [3.63, 3.8) is 0 Å². The maximum Gasteiger partial charge on any atom is 0.337 e. The zero-order chi connectivity index (χ0) is 13.0. The molecule has 18 heavy (non-hydrogen) atoms. The molecule has 0 saturated heterocycles. The van der Waals surface area contributed by atoms with Gasteiger partial charge in [0, 0.05) is 16.4 Å². The second kappa shape index (κ2) is 5.64. The largest absolute Gasteiger partial charge is 0.478 e. The van der Waals surface area contributed by atoms with Gasteiger partial charge >= 0.3 is 5.97 Å². The Bertz CT molecular complexity index is 555. The highest BCUT2D eigenvalue weighted by atomic mass is 79.9. The van der Waals surface area contributed by atoms with E-state index in [1.807, 2.05) is 24.3 Å². The van der Waals surface area contributed by atoms with Gasteiger partial charge < -0.3 is 10.4 Å². The lowest BCUT2D eigenvalue weighted by Crippen LogP contribution is -2.03. The Labute approximate surface area is 113 Å². The molecule has 2 N–H and O–H groups in total. The third kappa shape index (κ3) is 3.30. The molecule has 2 rings (SSSR count). The molecule has 5 heteroatoms. The van der Waals surface area contributed by atoms with Crippen LogP contribution in [-0.4, -0.2) is 16.1 Å². The summed E-state index contributed by atoms with van der Waals surface area (Å²) in [6.45, 7) is 0.552. The van der Waals surface area contributed by atoms with Gasteiger partial charge in [-0.1, -0.05) is 22.0 Å². The molecule has 1 aromatic carbocycles. The first kappa shape index (κ1) is 12.6. The number of anilines is 1. The minimum absolute atomic E-state index is 0.196. The van der Waals surface area contributed by atoms with E-state index < -0.39 is 5.97 Å². The van der Waals surface area contributed by atoms with Crippen LogP contribution >= 0.6 is 15.9 Å². The molecule has 1 aromatic heterocycles. The summed E-state index contributed by atoms with van der Waals surface area (Å²) < 4.78 is 1.00. The van der Waals surface area contributed by atoms with Gasteiger partial charge in [0.25, 0.3) is 0 Å². The molecular weight excluding hydrogens is 296 g/mol. The van der Waals surface area contributed by atoms with Crippen LogP contribution in [0.4, 0.5) is 5.69 Å². The van der Waals surface area contributed by atoms with E-state index in [-0.39, 0.29) is 5.56 Å². The van der Waals surface area contributed by atoms with Gasteiger partial charge in [-0.25, -0.2) is 4.79 Å². The van der Waals surface area contributed by atoms with E-state index >= 15 is 0 Å². The number of carboxylic acid groups (broad SMARTS) is 1. The zero-order valence-corrected chi connectivity index (χ0v) is 11.0. The number of hydrogen-bond donors (Lipinski definition) is 2. The Hall–Kier alpha value is -1.88. The van der Waals surface area contributed by atoms with Crippen molar-refractivity contribution in [1.29, 1.82) is 0 Å². The number of benzene rings is 1. The van der Waals surface area contributed by atoms with Gasteiger partial charge in [0.1, 0.15) is 0 Å². The number of halogens is 1. The first-order valence-corrected chi connectivity index (χ1v) is 6.12. The third-order valence-electron chi connectivity index (χ3n) is 2.37. The van der Waals surface area contributed by atoms with E-state index in [4.69, 9.17) is 5.11 Å². The fourth-order valence-corrected chi connectivity index (χ4v) is 1.85. The Kier molecular flexibility index (Phi) is 3.94. The van der Waals surface area contributed by atoms with Crippen molar-refractivity contribution < 1.29 is 9.90 Å². The molecule has 0 aliphatic heterocycles. The fourth-order valence-electron chi connectivity index (χ4n) is 1.45.